The Labute approximate surface area is 225 Å². The predicted octanol–water partition coefficient (Wildman–Crippen LogP) is 6.24. The Morgan fingerprint density at radius 1 is 1.17 bits per heavy atom. The molecule has 10 heteroatoms. The summed E-state index contributed by atoms with van der Waals surface area (Å²) < 4.78 is 12.4. The van der Waals surface area contributed by atoms with E-state index in [-0.39, 0.29) is 4.32 Å². The molecule has 1 saturated heterocycles. The Bertz CT molecular complexity index is 1320. The van der Waals surface area contributed by atoms with Crippen molar-refractivity contribution in [3.8, 4) is 11.5 Å². The molecular formula is C25H18BrClN2O4S2. The standard InChI is InChI=1S/C25H18BrClN2O4S2/c1-32-20-12-16(11-19(26)22(20)33-14-15-5-3-2-4-6-15)13-21-24(31)29(25(34)35-21)28-23(30)17-7-9-18(27)10-8-17/h2-13H,14H2,1H3,(H,28,30)/b21-13-. The molecule has 0 saturated carbocycles. The van der Waals surface area contributed by atoms with E-state index in [1.165, 1.54) is 0 Å². The number of nitrogens with zero attached hydrogens (tertiary/aromatic N) is 1. The van der Waals surface area contributed by atoms with Gasteiger partial charge in [-0.1, -0.05) is 53.7 Å². The Morgan fingerprint density at radius 3 is 2.57 bits per heavy atom. The Balaban J connectivity index is 1.51. The lowest BCUT2D eigenvalue weighted by Gasteiger charge is -2.15. The molecule has 0 bridgehead atoms. The summed E-state index contributed by atoms with van der Waals surface area (Å²) in [6, 6.07) is 19.7. The predicted molar refractivity (Wildman–Crippen MR) is 145 cm³/mol. The van der Waals surface area contributed by atoms with E-state index in [1.807, 2.05) is 36.4 Å². The van der Waals surface area contributed by atoms with Crippen LogP contribution in [-0.4, -0.2) is 28.3 Å². The van der Waals surface area contributed by atoms with Crippen molar-refractivity contribution in [2.45, 2.75) is 6.61 Å². The van der Waals surface area contributed by atoms with Crippen LogP contribution in [0.2, 0.25) is 5.02 Å². The van der Waals surface area contributed by atoms with Crippen LogP contribution in [0.15, 0.2) is 76.1 Å². The van der Waals surface area contributed by atoms with Gasteiger partial charge in [0.2, 0.25) is 0 Å². The summed E-state index contributed by atoms with van der Waals surface area (Å²) in [5, 5.41) is 1.57. The molecule has 4 rings (SSSR count). The molecule has 35 heavy (non-hydrogen) atoms. The number of hydrazine groups is 1. The van der Waals surface area contributed by atoms with Crippen LogP contribution < -0.4 is 14.9 Å². The molecular weight excluding hydrogens is 572 g/mol. The molecule has 178 valence electrons. The largest absolute Gasteiger partial charge is 0.493 e. The minimum absolute atomic E-state index is 0.220. The van der Waals surface area contributed by atoms with E-state index in [0.717, 1.165) is 22.3 Å². The van der Waals surface area contributed by atoms with Crippen molar-refractivity contribution in [3.05, 3.63) is 97.8 Å². The summed E-state index contributed by atoms with van der Waals surface area (Å²) in [7, 11) is 1.55. The van der Waals surface area contributed by atoms with Crippen molar-refractivity contribution >= 4 is 73.7 Å². The minimum atomic E-state index is -0.469. The van der Waals surface area contributed by atoms with Crippen molar-refractivity contribution in [1.29, 1.82) is 0 Å². The van der Waals surface area contributed by atoms with Crippen molar-refractivity contribution in [1.82, 2.24) is 10.4 Å². The van der Waals surface area contributed by atoms with Crippen LogP contribution in [-0.2, 0) is 11.4 Å². The van der Waals surface area contributed by atoms with Gasteiger partial charge >= 0.3 is 0 Å². The van der Waals surface area contributed by atoms with Crippen molar-refractivity contribution in [2.24, 2.45) is 0 Å². The third kappa shape index (κ3) is 6.05. The van der Waals surface area contributed by atoms with E-state index < -0.39 is 11.8 Å². The normalized spacial score (nSPS) is 14.4. The molecule has 6 nitrogen and oxygen atoms in total. The second-order valence-corrected chi connectivity index (χ2v) is 10.2. The smallest absolute Gasteiger partial charge is 0.285 e. The van der Waals surface area contributed by atoms with E-state index in [0.29, 0.717) is 43.6 Å². The van der Waals surface area contributed by atoms with Crippen LogP contribution in [0.3, 0.4) is 0 Å². The summed E-state index contributed by atoms with van der Waals surface area (Å²) >= 11 is 15.8. The molecule has 1 aliphatic heterocycles. The lowest BCUT2D eigenvalue weighted by molar-refractivity contribution is -0.123. The number of thiocarbonyl (C=S) groups is 1. The first-order valence-electron chi connectivity index (χ1n) is 10.2. The third-order valence-electron chi connectivity index (χ3n) is 4.89. The molecule has 2 amide bonds. The molecule has 0 atom stereocenters. The summed E-state index contributed by atoms with van der Waals surface area (Å²) in [6.45, 7) is 0.376. The zero-order chi connectivity index (χ0) is 24.9. The van der Waals surface area contributed by atoms with Crippen LogP contribution in [0.1, 0.15) is 21.5 Å². The van der Waals surface area contributed by atoms with E-state index in [9.17, 15) is 9.59 Å². The van der Waals surface area contributed by atoms with Gasteiger partial charge in [0.15, 0.2) is 15.8 Å². The Hall–Kier alpha value is -2.85. The number of thioether (sulfide) groups is 1. The highest BCUT2D eigenvalue weighted by molar-refractivity contribution is 9.10. The molecule has 0 radical (unpaired) electrons. The number of carbonyl (C=O) groups is 2. The van der Waals surface area contributed by atoms with E-state index >= 15 is 0 Å². The number of rotatable bonds is 7. The summed E-state index contributed by atoms with van der Waals surface area (Å²) in [5.41, 5.74) is 4.63. The highest BCUT2D eigenvalue weighted by Gasteiger charge is 2.34. The number of carbonyl (C=O) groups excluding carboxylic acids is 2. The van der Waals surface area contributed by atoms with Gasteiger partial charge in [0.25, 0.3) is 11.8 Å². The topological polar surface area (TPSA) is 67.9 Å². The lowest BCUT2D eigenvalue weighted by atomic mass is 10.1. The van der Waals surface area contributed by atoms with Crippen molar-refractivity contribution < 1.29 is 19.1 Å². The maximum atomic E-state index is 13.0. The molecule has 1 heterocycles. The Kier molecular flexibility index (Phi) is 8.12. The van der Waals surface area contributed by atoms with E-state index in [4.69, 9.17) is 33.3 Å². The van der Waals surface area contributed by atoms with Gasteiger partial charge in [-0.15, -0.1) is 0 Å². The quantitative estimate of drug-likeness (QED) is 0.260. The van der Waals surface area contributed by atoms with Gasteiger partial charge in [-0.05, 0) is 81.7 Å². The zero-order valence-corrected chi connectivity index (χ0v) is 22.3. The number of benzene rings is 3. The molecule has 0 aliphatic carbocycles. The van der Waals surface area contributed by atoms with E-state index in [1.54, 1.807) is 43.5 Å². The molecule has 1 N–H and O–H groups in total. The number of amides is 2. The number of ether oxygens (including phenoxy) is 2. The summed E-state index contributed by atoms with van der Waals surface area (Å²) in [6.07, 6.45) is 1.68. The van der Waals surface area contributed by atoms with Gasteiger partial charge in [0.1, 0.15) is 6.61 Å². The lowest BCUT2D eigenvalue weighted by Crippen LogP contribution is -2.44. The van der Waals surface area contributed by atoms with Crippen LogP contribution in [0.25, 0.3) is 6.08 Å². The number of halogens is 2. The fourth-order valence-corrected chi connectivity index (χ4v) is 5.06. The molecule has 1 aliphatic rings. The van der Waals surface area contributed by atoms with Gasteiger partial charge in [-0.2, -0.15) is 5.01 Å². The first-order valence-corrected chi connectivity index (χ1v) is 12.6. The summed E-state index contributed by atoms with van der Waals surface area (Å²) in [5.74, 6) is 0.162. The first kappa shape index (κ1) is 25.2. The van der Waals surface area contributed by atoms with Gasteiger partial charge < -0.3 is 9.47 Å². The minimum Gasteiger partial charge on any atom is -0.493 e. The van der Waals surface area contributed by atoms with Gasteiger partial charge in [0.05, 0.1) is 16.5 Å². The zero-order valence-electron chi connectivity index (χ0n) is 18.3. The van der Waals surface area contributed by atoms with Crippen molar-refractivity contribution in [2.75, 3.05) is 7.11 Å². The number of hydrogen-bond acceptors (Lipinski definition) is 6. The van der Waals surface area contributed by atoms with Gasteiger partial charge in [0, 0.05) is 10.6 Å². The monoisotopic (exact) mass is 588 g/mol. The summed E-state index contributed by atoms with van der Waals surface area (Å²) in [4.78, 5) is 25.8. The Morgan fingerprint density at radius 2 is 1.89 bits per heavy atom. The maximum Gasteiger partial charge on any atom is 0.285 e. The first-order chi connectivity index (χ1) is 16.9. The van der Waals surface area contributed by atoms with Crippen LogP contribution in [0.4, 0.5) is 0 Å². The fraction of sp³-hybridized carbons (Fsp3) is 0.0800. The molecule has 3 aromatic rings. The maximum absolute atomic E-state index is 13.0. The number of nitrogens with one attached hydrogen (secondary N) is 1. The van der Waals surface area contributed by atoms with Crippen molar-refractivity contribution in [3.63, 3.8) is 0 Å². The molecule has 0 spiro atoms. The highest BCUT2D eigenvalue weighted by atomic mass is 79.9. The third-order valence-corrected chi connectivity index (χ3v) is 7.03. The van der Waals surface area contributed by atoms with Crippen LogP contribution >= 0.6 is 51.5 Å². The molecule has 3 aromatic carbocycles. The van der Waals surface area contributed by atoms with E-state index in [2.05, 4.69) is 21.4 Å². The second-order valence-electron chi connectivity index (χ2n) is 7.27. The number of hydrogen-bond donors (Lipinski definition) is 1. The van der Waals surface area contributed by atoms with Gasteiger partial charge in [-0.3, -0.25) is 15.0 Å². The molecule has 0 unspecified atom stereocenters. The van der Waals surface area contributed by atoms with Crippen LogP contribution in [0, 0.1) is 0 Å². The molecule has 1 fully saturated rings. The average Bonchev–Trinajstić information content (AvgIpc) is 3.11. The SMILES string of the molecule is COc1cc(/C=C2\SC(=S)N(NC(=O)c3ccc(Cl)cc3)C2=O)cc(Br)c1OCc1ccccc1. The second kappa shape index (κ2) is 11.3. The fourth-order valence-electron chi connectivity index (χ4n) is 3.18. The van der Waals surface area contributed by atoms with Crippen LogP contribution in [0.5, 0.6) is 11.5 Å². The highest BCUT2D eigenvalue weighted by Crippen LogP contribution is 2.39. The number of methoxy groups -OCH3 is 1. The average molecular weight is 590 g/mol. The van der Waals surface area contributed by atoms with Gasteiger partial charge in [-0.25, -0.2) is 0 Å². The molecule has 0 aromatic heterocycles.